The minimum atomic E-state index is -2.93. The first-order valence-corrected chi connectivity index (χ1v) is 9.79. The van der Waals surface area contributed by atoms with Crippen LogP contribution in [-0.2, 0) is 18.8 Å². The Morgan fingerprint density at radius 2 is 1.93 bits per heavy atom. The Labute approximate surface area is 170 Å². The number of hydrogen-bond acceptors (Lipinski definition) is 7. The highest BCUT2D eigenvalue weighted by Crippen LogP contribution is 2.45. The van der Waals surface area contributed by atoms with Crippen LogP contribution < -0.4 is 9.64 Å². The van der Waals surface area contributed by atoms with Crippen LogP contribution in [0.1, 0.15) is 23.2 Å². The Bertz CT molecular complexity index is 1040. The zero-order valence-corrected chi connectivity index (χ0v) is 16.1. The number of alkyl halides is 2. The number of aromatic amines is 1. The SMILES string of the molecule is OC1CN(c2nc(-c3ccc4c(c3)OCC4)c3c(n2)C(F)(F)CC3)C1.c1cn[nH]n1. The molecule has 4 heterocycles. The molecule has 0 amide bonds. The molecule has 0 atom stereocenters. The second-order valence-electron chi connectivity index (χ2n) is 7.54. The lowest BCUT2D eigenvalue weighted by Gasteiger charge is -2.36. The van der Waals surface area contributed by atoms with Crippen molar-refractivity contribution in [2.45, 2.75) is 31.3 Å². The van der Waals surface area contributed by atoms with Gasteiger partial charge in [0.1, 0.15) is 11.4 Å². The molecule has 0 saturated carbocycles. The number of anilines is 1. The lowest BCUT2D eigenvalue weighted by molar-refractivity contribution is -0.00596. The van der Waals surface area contributed by atoms with E-state index in [1.165, 1.54) is 0 Å². The van der Waals surface area contributed by atoms with Gasteiger partial charge in [-0.25, -0.2) is 9.97 Å². The highest BCUT2D eigenvalue weighted by Gasteiger charge is 2.44. The van der Waals surface area contributed by atoms with Crippen LogP contribution in [-0.4, -0.2) is 56.3 Å². The third-order valence-corrected chi connectivity index (χ3v) is 5.48. The van der Waals surface area contributed by atoms with Crippen LogP contribution in [0.3, 0.4) is 0 Å². The molecule has 156 valence electrons. The van der Waals surface area contributed by atoms with E-state index in [0.717, 1.165) is 23.3 Å². The van der Waals surface area contributed by atoms with Crippen molar-refractivity contribution >= 4 is 5.95 Å². The third-order valence-electron chi connectivity index (χ3n) is 5.48. The van der Waals surface area contributed by atoms with Crippen LogP contribution in [0.25, 0.3) is 11.3 Å². The maximum absolute atomic E-state index is 14.3. The fourth-order valence-corrected chi connectivity index (χ4v) is 3.89. The Kier molecular flexibility index (Phi) is 4.58. The molecule has 1 aromatic carbocycles. The van der Waals surface area contributed by atoms with Crippen molar-refractivity contribution < 1.29 is 18.6 Å². The van der Waals surface area contributed by atoms with E-state index in [1.54, 1.807) is 17.3 Å². The highest BCUT2D eigenvalue weighted by atomic mass is 19.3. The number of H-pyrrole nitrogens is 1. The summed E-state index contributed by atoms with van der Waals surface area (Å²) in [5.74, 6) is -1.86. The van der Waals surface area contributed by atoms with E-state index in [9.17, 15) is 13.9 Å². The maximum Gasteiger partial charge on any atom is 0.290 e. The minimum Gasteiger partial charge on any atom is -0.493 e. The number of hydrogen-bond donors (Lipinski definition) is 2. The summed E-state index contributed by atoms with van der Waals surface area (Å²) in [4.78, 5) is 10.4. The normalized spacial score (nSPS) is 18.7. The smallest absolute Gasteiger partial charge is 0.290 e. The fraction of sp³-hybridized carbons (Fsp3) is 0.400. The number of nitrogens with zero attached hydrogens (tertiary/aromatic N) is 5. The van der Waals surface area contributed by atoms with Crippen molar-refractivity contribution in [3.63, 3.8) is 0 Å². The Morgan fingerprint density at radius 3 is 2.63 bits per heavy atom. The minimum absolute atomic E-state index is 0.171. The number of aliphatic hydroxyl groups excluding tert-OH is 1. The van der Waals surface area contributed by atoms with Gasteiger partial charge in [0.15, 0.2) is 0 Å². The van der Waals surface area contributed by atoms with Gasteiger partial charge in [0.25, 0.3) is 5.92 Å². The van der Waals surface area contributed by atoms with Crippen LogP contribution in [0.2, 0.25) is 0 Å². The van der Waals surface area contributed by atoms with Crippen molar-refractivity contribution in [1.82, 2.24) is 25.4 Å². The van der Waals surface area contributed by atoms with E-state index in [-0.39, 0.29) is 24.5 Å². The molecule has 30 heavy (non-hydrogen) atoms. The molecule has 0 spiro atoms. The molecule has 10 heteroatoms. The first-order chi connectivity index (χ1) is 14.5. The molecule has 0 bridgehead atoms. The number of benzene rings is 1. The summed E-state index contributed by atoms with van der Waals surface area (Å²) in [6.45, 7) is 1.39. The first-order valence-electron chi connectivity index (χ1n) is 9.79. The van der Waals surface area contributed by atoms with Crippen molar-refractivity contribution in [2.75, 3.05) is 24.6 Å². The molecule has 3 aromatic rings. The molecule has 1 aliphatic carbocycles. The molecular formula is C20H20F2N6O2. The van der Waals surface area contributed by atoms with E-state index in [2.05, 4.69) is 25.4 Å². The number of aliphatic hydroxyl groups is 1. The third kappa shape index (κ3) is 3.36. The predicted molar refractivity (Wildman–Crippen MR) is 103 cm³/mol. The number of ether oxygens (including phenoxy) is 1. The van der Waals surface area contributed by atoms with Crippen LogP contribution in [0, 0.1) is 0 Å². The molecule has 8 nitrogen and oxygen atoms in total. The van der Waals surface area contributed by atoms with Crippen LogP contribution in [0.4, 0.5) is 14.7 Å². The van der Waals surface area contributed by atoms with E-state index < -0.39 is 12.0 Å². The number of nitrogens with one attached hydrogen (secondary N) is 1. The molecule has 3 aliphatic rings. The maximum atomic E-state index is 14.3. The number of fused-ring (bicyclic) bond motifs is 2. The largest absolute Gasteiger partial charge is 0.493 e. The monoisotopic (exact) mass is 414 g/mol. The van der Waals surface area contributed by atoms with Gasteiger partial charge in [-0.1, -0.05) is 12.1 Å². The van der Waals surface area contributed by atoms with Crippen LogP contribution in [0.5, 0.6) is 5.75 Å². The van der Waals surface area contributed by atoms with E-state index in [0.29, 0.717) is 31.0 Å². The van der Waals surface area contributed by atoms with E-state index in [4.69, 9.17) is 4.74 Å². The summed E-state index contributed by atoms with van der Waals surface area (Å²) in [5, 5.41) is 18.8. The van der Waals surface area contributed by atoms with Crippen LogP contribution >= 0.6 is 0 Å². The summed E-state index contributed by atoms with van der Waals surface area (Å²) in [6, 6.07) is 5.78. The van der Waals surface area contributed by atoms with E-state index in [1.807, 2.05) is 18.2 Å². The first kappa shape index (κ1) is 18.9. The quantitative estimate of drug-likeness (QED) is 0.662. The predicted octanol–water partition coefficient (Wildman–Crippen LogP) is 2.10. The average molecular weight is 414 g/mol. The Balaban J connectivity index is 0.000000340. The molecule has 0 radical (unpaired) electrons. The van der Waals surface area contributed by atoms with Gasteiger partial charge in [0.05, 0.1) is 30.8 Å². The molecule has 1 fully saturated rings. The van der Waals surface area contributed by atoms with Gasteiger partial charge in [-0.3, -0.25) is 0 Å². The average Bonchev–Trinajstić information content (AvgIpc) is 3.47. The molecular weight excluding hydrogens is 394 g/mol. The van der Waals surface area contributed by atoms with Gasteiger partial charge < -0.3 is 14.7 Å². The second kappa shape index (κ2) is 7.28. The number of β-amino-alcohol motifs (C(OH)–C–C–N with tert-alkyl or cyclic N) is 1. The number of halogens is 2. The highest BCUT2D eigenvalue weighted by molar-refractivity contribution is 5.69. The van der Waals surface area contributed by atoms with Crippen LogP contribution in [0.15, 0.2) is 30.6 Å². The number of rotatable bonds is 2. The Morgan fingerprint density at radius 1 is 1.13 bits per heavy atom. The van der Waals surface area contributed by atoms with Crippen molar-refractivity contribution in [3.8, 4) is 17.0 Å². The van der Waals surface area contributed by atoms with Gasteiger partial charge in [-0.05, 0) is 18.1 Å². The van der Waals surface area contributed by atoms with Crippen molar-refractivity contribution in [1.29, 1.82) is 0 Å². The molecule has 2 aliphatic heterocycles. The van der Waals surface area contributed by atoms with Gasteiger partial charge in [-0.2, -0.15) is 24.2 Å². The van der Waals surface area contributed by atoms with Crippen molar-refractivity contribution in [3.05, 3.63) is 47.4 Å². The van der Waals surface area contributed by atoms with Gasteiger partial charge in [-0.15, -0.1) is 0 Å². The zero-order chi connectivity index (χ0) is 20.7. The summed E-state index contributed by atoms with van der Waals surface area (Å²) < 4.78 is 34.2. The second-order valence-corrected chi connectivity index (χ2v) is 7.54. The summed E-state index contributed by atoms with van der Waals surface area (Å²) in [6.07, 6.45) is 3.61. The van der Waals surface area contributed by atoms with Gasteiger partial charge >= 0.3 is 0 Å². The molecule has 2 aromatic heterocycles. The summed E-state index contributed by atoms with van der Waals surface area (Å²) in [5.41, 5.74) is 2.81. The van der Waals surface area contributed by atoms with Gasteiger partial charge in [0.2, 0.25) is 5.95 Å². The van der Waals surface area contributed by atoms with Gasteiger partial charge in [0, 0.05) is 37.1 Å². The molecule has 6 rings (SSSR count). The lowest BCUT2D eigenvalue weighted by atomic mass is 10.0. The lowest BCUT2D eigenvalue weighted by Crippen LogP contribution is -2.51. The summed E-state index contributed by atoms with van der Waals surface area (Å²) in [7, 11) is 0. The standard InChI is InChI=1S/C18H17F2N3O2.C2H3N3/c19-18(20)5-3-13-15(11-2-1-10-4-6-25-14(10)7-11)21-17(22-16(13)18)23-8-12(24)9-23;1-2-4-5-3-1/h1-2,7,12,24H,3-6,8-9H2;1-2H,(H,3,4,5). The van der Waals surface area contributed by atoms with E-state index >= 15 is 0 Å². The molecule has 0 unspecified atom stereocenters. The van der Waals surface area contributed by atoms with Crippen molar-refractivity contribution in [2.24, 2.45) is 0 Å². The molecule has 1 saturated heterocycles. The fourth-order valence-electron chi connectivity index (χ4n) is 3.89. The summed E-state index contributed by atoms with van der Waals surface area (Å²) >= 11 is 0. The molecule has 2 N–H and O–H groups in total. The topological polar surface area (TPSA) is 100 Å². The number of aromatic nitrogens is 5. The Hall–Kier alpha value is -3.14. The zero-order valence-electron chi connectivity index (χ0n) is 16.1.